The first-order valence-corrected chi connectivity index (χ1v) is 6.88. The van der Waals surface area contributed by atoms with Crippen LogP contribution in [0.25, 0.3) is 0 Å². The zero-order chi connectivity index (χ0) is 14.3. The molecule has 0 unspecified atom stereocenters. The van der Waals surface area contributed by atoms with Crippen LogP contribution >= 0.6 is 15.9 Å². The Morgan fingerprint density at radius 1 is 1.42 bits per heavy atom. The summed E-state index contributed by atoms with van der Waals surface area (Å²) < 4.78 is 0. The number of carbonyl (C=O) groups excluding carboxylic acids is 1. The first-order valence-electron chi connectivity index (χ1n) is 5.76. The van der Waals surface area contributed by atoms with Gasteiger partial charge in [0.05, 0.1) is 17.6 Å². The third-order valence-electron chi connectivity index (χ3n) is 2.54. The van der Waals surface area contributed by atoms with Gasteiger partial charge in [-0.05, 0) is 12.0 Å². The average Bonchev–Trinajstić information content (AvgIpc) is 2.38. The Morgan fingerprint density at radius 3 is 2.53 bits per heavy atom. The van der Waals surface area contributed by atoms with Crippen molar-refractivity contribution in [2.24, 2.45) is 0 Å². The molecule has 1 rings (SSSR count). The Kier molecular flexibility index (Phi) is 6.44. The molecule has 1 aromatic carbocycles. The quantitative estimate of drug-likeness (QED) is 0.449. The lowest BCUT2D eigenvalue weighted by Gasteiger charge is -2.16. The number of hydrogen-bond donors (Lipinski definition) is 2. The average molecular weight is 331 g/mol. The van der Waals surface area contributed by atoms with Gasteiger partial charge in [0.1, 0.15) is 0 Å². The standard InChI is InChI=1S/C12H15BrN2O4/c13-6-5-12(17)14-10(8-16)7-9-1-3-11(4-2-9)15(18)19/h1-4,10,16H,5-8H2,(H,14,17)/t10-/m0/s1. The summed E-state index contributed by atoms with van der Waals surface area (Å²) in [5, 5.41) is 23.0. The van der Waals surface area contributed by atoms with E-state index in [0.717, 1.165) is 5.56 Å². The summed E-state index contributed by atoms with van der Waals surface area (Å²) in [6.45, 7) is -0.176. The van der Waals surface area contributed by atoms with Crippen molar-refractivity contribution >= 4 is 27.5 Å². The highest BCUT2D eigenvalue weighted by Gasteiger charge is 2.12. The molecule has 0 fully saturated rings. The Balaban J connectivity index is 2.60. The molecule has 0 aliphatic heterocycles. The van der Waals surface area contributed by atoms with E-state index in [1.54, 1.807) is 12.1 Å². The van der Waals surface area contributed by atoms with Gasteiger partial charge < -0.3 is 10.4 Å². The van der Waals surface area contributed by atoms with Crippen LogP contribution in [0.5, 0.6) is 0 Å². The van der Waals surface area contributed by atoms with E-state index in [4.69, 9.17) is 0 Å². The molecule has 1 aromatic rings. The molecule has 19 heavy (non-hydrogen) atoms. The number of aliphatic hydroxyl groups is 1. The molecule has 6 nitrogen and oxygen atoms in total. The monoisotopic (exact) mass is 330 g/mol. The van der Waals surface area contributed by atoms with Gasteiger partial charge in [-0.15, -0.1) is 0 Å². The molecule has 2 N–H and O–H groups in total. The van der Waals surface area contributed by atoms with Crippen molar-refractivity contribution in [2.75, 3.05) is 11.9 Å². The molecule has 0 saturated heterocycles. The predicted octanol–water partition coefficient (Wildman–Crippen LogP) is 1.40. The van der Waals surface area contributed by atoms with Crippen LogP contribution in [0, 0.1) is 10.1 Å². The van der Waals surface area contributed by atoms with Gasteiger partial charge in [0, 0.05) is 23.9 Å². The first kappa shape index (κ1) is 15.6. The summed E-state index contributed by atoms with van der Waals surface area (Å²) in [5.41, 5.74) is 0.844. The van der Waals surface area contributed by atoms with E-state index < -0.39 is 4.92 Å². The number of carbonyl (C=O) groups is 1. The Labute approximate surface area is 119 Å². The fraction of sp³-hybridized carbons (Fsp3) is 0.417. The van der Waals surface area contributed by atoms with Crippen molar-refractivity contribution in [3.63, 3.8) is 0 Å². The van der Waals surface area contributed by atoms with E-state index >= 15 is 0 Å². The third-order valence-corrected chi connectivity index (χ3v) is 2.93. The highest BCUT2D eigenvalue weighted by Crippen LogP contribution is 2.13. The van der Waals surface area contributed by atoms with Gasteiger partial charge in [-0.3, -0.25) is 14.9 Å². The number of nitro groups is 1. The Hall–Kier alpha value is -1.47. The maximum atomic E-state index is 11.4. The predicted molar refractivity (Wildman–Crippen MR) is 74.2 cm³/mol. The summed E-state index contributed by atoms with van der Waals surface area (Å²) >= 11 is 3.16. The second-order valence-electron chi connectivity index (χ2n) is 4.01. The first-order chi connectivity index (χ1) is 9.06. The minimum atomic E-state index is -0.467. The van der Waals surface area contributed by atoms with Gasteiger partial charge in [-0.25, -0.2) is 0 Å². The molecule has 0 spiro atoms. The number of nitrogens with one attached hydrogen (secondary N) is 1. The largest absolute Gasteiger partial charge is 0.394 e. The molecule has 0 saturated carbocycles. The molecule has 0 bridgehead atoms. The second-order valence-corrected chi connectivity index (χ2v) is 4.81. The highest BCUT2D eigenvalue weighted by molar-refractivity contribution is 9.09. The number of nitrogens with zero attached hydrogens (tertiary/aromatic N) is 1. The molecule has 1 atom stereocenters. The summed E-state index contributed by atoms with van der Waals surface area (Å²) in [4.78, 5) is 21.4. The molecule has 104 valence electrons. The lowest BCUT2D eigenvalue weighted by molar-refractivity contribution is -0.384. The van der Waals surface area contributed by atoms with Crippen LogP contribution in [0.4, 0.5) is 5.69 Å². The third kappa shape index (κ3) is 5.35. The summed E-state index contributed by atoms with van der Waals surface area (Å²) in [6.07, 6.45) is 0.777. The fourth-order valence-corrected chi connectivity index (χ4v) is 1.95. The zero-order valence-electron chi connectivity index (χ0n) is 10.2. The van der Waals surface area contributed by atoms with Gasteiger partial charge in [-0.1, -0.05) is 28.1 Å². The Bertz CT molecular complexity index is 436. The van der Waals surface area contributed by atoms with Crippen LogP contribution in [0.15, 0.2) is 24.3 Å². The molecule has 0 radical (unpaired) electrons. The molecule has 0 aliphatic rings. The van der Waals surface area contributed by atoms with Crippen LogP contribution in [-0.4, -0.2) is 33.9 Å². The number of hydrogen-bond acceptors (Lipinski definition) is 4. The fourth-order valence-electron chi connectivity index (χ4n) is 1.59. The summed E-state index contributed by atoms with van der Waals surface area (Å²) in [7, 11) is 0. The minimum absolute atomic E-state index is 0.0209. The van der Waals surface area contributed by atoms with E-state index in [2.05, 4.69) is 21.2 Å². The van der Waals surface area contributed by atoms with Gasteiger partial charge in [0.15, 0.2) is 0 Å². The van der Waals surface area contributed by atoms with Crippen LogP contribution in [0.1, 0.15) is 12.0 Å². The maximum Gasteiger partial charge on any atom is 0.269 e. The van der Waals surface area contributed by atoms with E-state index in [-0.39, 0.29) is 24.2 Å². The lowest BCUT2D eigenvalue weighted by atomic mass is 10.1. The van der Waals surface area contributed by atoms with Crippen molar-refractivity contribution in [2.45, 2.75) is 18.9 Å². The normalized spacial score (nSPS) is 11.9. The minimum Gasteiger partial charge on any atom is -0.394 e. The lowest BCUT2D eigenvalue weighted by Crippen LogP contribution is -2.39. The Morgan fingerprint density at radius 2 is 2.05 bits per heavy atom. The number of aliphatic hydroxyl groups excluding tert-OH is 1. The highest BCUT2D eigenvalue weighted by atomic mass is 79.9. The summed E-state index contributed by atoms with van der Waals surface area (Å²) in [5.74, 6) is -0.141. The molecule has 0 heterocycles. The zero-order valence-corrected chi connectivity index (χ0v) is 11.8. The molecule has 7 heteroatoms. The number of rotatable bonds is 7. The topological polar surface area (TPSA) is 92.5 Å². The van der Waals surface area contributed by atoms with E-state index in [9.17, 15) is 20.0 Å². The number of benzene rings is 1. The van der Waals surface area contributed by atoms with Crippen LogP contribution < -0.4 is 5.32 Å². The molecular weight excluding hydrogens is 316 g/mol. The second kappa shape index (κ2) is 7.85. The van der Waals surface area contributed by atoms with Crippen molar-refractivity contribution < 1.29 is 14.8 Å². The van der Waals surface area contributed by atoms with Gasteiger partial charge >= 0.3 is 0 Å². The van der Waals surface area contributed by atoms with Crippen LogP contribution in [-0.2, 0) is 11.2 Å². The number of non-ortho nitro benzene ring substituents is 1. The van der Waals surface area contributed by atoms with Gasteiger partial charge in [-0.2, -0.15) is 0 Å². The van der Waals surface area contributed by atoms with E-state index in [1.165, 1.54) is 12.1 Å². The molecular formula is C12H15BrN2O4. The number of alkyl halides is 1. The SMILES string of the molecule is O=C(CCBr)N[C@H](CO)Cc1ccc([N+](=O)[O-])cc1. The van der Waals surface area contributed by atoms with Crippen molar-refractivity contribution in [1.29, 1.82) is 0 Å². The van der Waals surface area contributed by atoms with E-state index in [0.29, 0.717) is 18.2 Å². The molecule has 0 aliphatic carbocycles. The molecule has 1 amide bonds. The number of halogens is 1. The van der Waals surface area contributed by atoms with E-state index in [1.807, 2.05) is 0 Å². The maximum absolute atomic E-state index is 11.4. The van der Waals surface area contributed by atoms with Gasteiger partial charge in [0.2, 0.25) is 5.91 Å². The van der Waals surface area contributed by atoms with Crippen LogP contribution in [0.2, 0.25) is 0 Å². The van der Waals surface area contributed by atoms with Crippen molar-refractivity contribution in [3.8, 4) is 0 Å². The smallest absolute Gasteiger partial charge is 0.269 e. The van der Waals surface area contributed by atoms with Gasteiger partial charge in [0.25, 0.3) is 5.69 Å². The number of amides is 1. The van der Waals surface area contributed by atoms with Crippen molar-refractivity contribution in [1.82, 2.24) is 5.32 Å². The molecule has 0 aromatic heterocycles. The number of nitro benzene ring substituents is 1. The van der Waals surface area contributed by atoms with Crippen molar-refractivity contribution in [3.05, 3.63) is 39.9 Å². The van der Waals surface area contributed by atoms with Crippen LogP contribution in [0.3, 0.4) is 0 Å². The summed E-state index contributed by atoms with van der Waals surface area (Å²) in [6, 6.07) is 5.68.